The van der Waals surface area contributed by atoms with E-state index in [0.29, 0.717) is 30.0 Å². The lowest BCUT2D eigenvalue weighted by atomic mass is 10.0. The van der Waals surface area contributed by atoms with Gasteiger partial charge in [-0.25, -0.2) is 4.39 Å². The van der Waals surface area contributed by atoms with E-state index in [-0.39, 0.29) is 11.7 Å². The molecule has 2 aromatic rings. The van der Waals surface area contributed by atoms with Crippen molar-refractivity contribution in [2.75, 3.05) is 40.8 Å². The molecule has 2 aromatic carbocycles. The van der Waals surface area contributed by atoms with Crippen molar-refractivity contribution in [3.63, 3.8) is 0 Å². The normalized spacial score (nSPS) is 10.8. The highest BCUT2D eigenvalue weighted by atomic mass is 19.1. The highest BCUT2D eigenvalue weighted by Crippen LogP contribution is 2.30. The van der Waals surface area contributed by atoms with Gasteiger partial charge in [-0.15, -0.1) is 0 Å². The molecule has 0 saturated heterocycles. The second kappa shape index (κ2) is 8.62. The van der Waals surface area contributed by atoms with Crippen molar-refractivity contribution in [1.29, 1.82) is 0 Å². The molecule has 0 aromatic heterocycles. The first-order chi connectivity index (χ1) is 12.0. The molecule has 0 aliphatic heterocycles. The van der Waals surface area contributed by atoms with Gasteiger partial charge in [-0.2, -0.15) is 0 Å². The minimum Gasteiger partial charge on any atom is -0.496 e. The van der Waals surface area contributed by atoms with E-state index in [4.69, 9.17) is 4.74 Å². The summed E-state index contributed by atoms with van der Waals surface area (Å²) in [5.41, 5.74) is 2.10. The SMILES string of the molecule is CCN(CCN(C)C)C(=O)c1ccc(-c2cc(F)ccc2OC)cc1. The number of amides is 1. The topological polar surface area (TPSA) is 32.8 Å². The average Bonchev–Trinajstić information content (AvgIpc) is 2.62. The summed E-state index contributed by atoms with van der Waals surface area (Å²) in [7, 11) is 5.53. The highest BCUT2D eigenvalue weighted by Gasteiger charge is 2.15. The zero-order chi connectivity index (χ0) is 18.4. The third-order valence-corrected chi connectivity index (χ3v) is 4.09. The Morgan fingerprint density at radius 3 is 2.32 bits per heavy atom. The molecular formula is C20H25FN2O2. The molecule has 0 unspecified atom stereocenters. The smallest absolute Gasteiger partial charge is 0.253 e. The Morgan fingerprint density at radius 2 is 1.76 bits per heavy atom. The van der Waals surface area contributed by atoms with E-state index >= 15 is 0 Å². The number of nitrogens with zero attached hydrogens (tertiary/aromatic N) is 2. The fraction of sp³-hybridized carbons (Fsp3) is 0.350. The number of rotatable bonds is 7. The molecule has 0 fully saturated rings. The minimum absolute atomic E-state index is 0.00195. The quantitative estimate of drug-likeness (QED) is 0.770. The third kappa shape index (κ3) is 4.79. The number of ether oxygens (including phenoxy) is 1. The Balaban J connectivity index is 2.22. The summed E-state index contributed by atoms with van der Waals surface area (Å²) in [6.07, 6.45) is 0. The zero-order valence-corrected chi connectivity index (χ0v) is 15.3. The van der Waals surface area contributed by atoms with Crippen LogP contribution in [0.15, 0.2) is 42.5 Å². The first kappa shape index (κ1) is 18.9. The van der Waals surface area contributed by atoms with Crippen LogP contribution in [0.4, 0.5) is 4.39 Å². The lowest BCUT2D eigenvalue weighted by Crippen LogP contribution is -2.36. The van der Waals surface area contributed by atoms with Gasteiger partial charge in [0.15, 0.2) is 0 Å². The van der Waals surface area contributed by atoms with Gasteiger partial charge >= 0.3 is 0 Å². The van der Waals surface area contributed by atoms with Gasteiger partial charge in [-0.1, -0.05) is 12.1 Å². The van der Waals surface area contributed by atoms with Gasteiger partial charge in [0.1, 0.15) is 11.6 Å². The molecule has 25 heavy (non-hydrogen) atoms. The van der Waals surface area contributed by atoms with Crippen molar-refractivity contribution < 1.29 is 13.9 Å². The van der Waals surface area contributed by atoms with Crippen molar-refractivity contribution in [3.05, 3.63) is 53.8 Å². The Hall–Kier alpha value is -2.40. The monoisotopic (exact) mass is 344 g/mol. The number of carbonyl (C=O) groups excluding carboxylic acids is 1. The first-order valence-corrected chi connectivity index (χ1v) is 8.34. The van der Waals surface area contributed by atoms with Crippen LogP contribution in [0.2, 0.25) is 0 Å². The maximum atomic E-state index is 13.6. The lowest BCUT2D eigenvalue weighted by Gasteiger charge is -2.23. The van der Waals surface area contributed by atoms with Crippen LogP contribution in [0, 0.1) is 5.82 Å². The summed E-state index contributed by atoms with van der Waals surface area (Å²) < 4.78 is 18.9. The van der Waals surface area contributed by atoms with Crippen molar-refractivity contribution in [3.8, 4) is 16.9 Å². The molecule has 5 heteroatoms. The molecule has 0 bridgehead atoms. The second-order valence-corrected chi connectivity index (χ2v) is 6.11. The molecule has 0 saturated carbocycles. The van der Waals surface area contributed by atoms with Crippen LogP contribution < -0.4 is 4.74 Å². The van der Waals surface area contributed by atoms with E-state index in [1.165, 1.54) is 12.1 Å². The molecule has 0 heterocycles. The molecule has 134 valence electrons. The Morgan fingerprint density at radius 1 is 1.08 bits per heavy atom. The first-order valence-electron chi connectivity index (χ1n) is 8.34. The van der Waals surface area contributed by atoms with Gasteiger partial charge in [0.2, 0.25) is 0 Å². The van der Waals surface area contributed by atoms with E-state index in [9.17, 15) is 9.18 Å². The van der Waals surface area contributed by atoms with Gasteiger partial charge in [0.05, 0.1) is 7.11 Å². The standard InChI is InChI=1S/C20H25FN2O2/c1-5-23(13-12-22(2)3)20(24)16-8-6-15(7-9-16)18-14-17(21)10-11-19(18)25-4/h6-11,14H,5,12-13H2,1-4H3. The Labute approximate surface area is 148 Å². The fourth-order valence-corrected chi connectivity index (χ4v) is 2.60. The number of benzene rings is 2. The van der Waals surface area contributed by atoms with E-state index in [1.54, 1.807) is 25.3 Å². The highest BCUT2D eigenvalue weighted by molar-refractivity contribution is 5.94. The van der Waals surface area contributed by atoms with Crippen LogP contribution in [0.5, 0.6) is 5.75 Å². The molecule has 0 atom stereocenters. The van der Waals surface area contributed by atoms with Crippen LogP contribution in [-0.2, 0) is 0 Å². The molecule has 0 radical (unpaired) electrons. The van der Waals surface area contributed by atoms with Crippen LogP contribution in [-0.4, -0.2) is 56.5 Å². The summed E-state index contributed by atoms with van der Waals surface area (Å²) in [6.45, 7) is 4.13. The second-order valence-electron chi connectivity index (χ2n) is 6.11. The van der Waals surface area contributed by atoms with Crippen molar-refractivity contribution in [2.45, 2.75) is 6.92 Å². The van der Waals surface area contributed by atoms with Crippen LogP contribution >= 0.6 is 0 Å². The molecular weight excluding hydrogens is 319 g/mol. The van der Waals surface area contributed by atoms with Gasteiger partial charge in [0, 0.05) is 30.8 Å². The van der Waals surface area contributed by atoms with Gasteiger partial charge < -0.3 is 14.5 Å². The number of halogens is 1. The minimum atomic E-state index is -0.322. The predicted molar refractivity (Wildman–Crippen MR) is 98.5 cm³/mol. The van der Waals surface area contributed by atoms with E-state index in [0.717, 1.165) is 12.1 Å². The number of hydrogen-bond acceptors (Lipinski definition) is 3. The summed E-state index contributed by atoms with van der Waals surface area (Å²) in [5.74, 6) is 0.278. The van der Waals surface area contributed by atoms with Gasteiger partial charge in [-0.3, -0.25) is 4.79 Å². The van der Waals surface area contributed by atoms with E-state index < -0.39 is 0 Å². The van der Waals surface area contributed by atoms with E-state index in [1.807, 2.05) is 38.1 Å². The predicted octanol–water partition coefficient (Wildman–Crippen LogP) is 3.53. The van der Waals surface area contributed by atoms with Crippen LogP contribution in [0.3, 0.4) is 0 Å². The van der Waals surface area contributed by atoms with Crippen LogP contribution in [0.1, 0.15) is 17.3 Å². The molecule has 4 nitrogen and oxygen atoms in total. The third-order valence-electron chi connectivity index (χ3n) is 4.09. The fourth-order valence-electron chi connectivity index (χ4n) is 2.60. The maximum Gasteiger partial charge on any atom is 0.253 e. The van der Waals surface area contributed by atoms with Crippen molar-refractivity contribution in [2.24, 2.45) is 0 Å². The van der Waals surface area contributed by atoms with Crippen molar-refractivity contribution >= 4 is 5.91 Å². The maximum absolute atomic E-state index is 13.6. The summed E-state index contributed by atoms with van der Waals surface area (Å²) in [4.78, 5) is 16.5. The van der Waals surface area contributed by atoms with Crippen LogP contribution in [0.25, 0.3) is 11.1 Å². The number of methoxy groups -OCH3 is 1. The molecule has 0 spiro atoms. The summed E-state index contributed by atoms with van der Waals surface area (Å²) in [5, 5.41) is 0. The Bertz CT molecular complexity index is 714. The van der Waals surface area contributed by atoms with Crippen molar-refractivity contribution in [1.82, 2.24) is 9.80 Å². The average molecular weight is 344 g/mol. The summed E-state index contributed by atoms with van der Waals surface area (Å²) >= 11 is 0. The lowest BCUT2D eigenvalue weighted by molar-refractivity contribution is 0.0754. The molecule has 0 aliphatic carbocycles. The number of carbonyl (C=O) groups is 1. The molecule has 0 aliphatic rings. The molecule has 1 amide bonds. The summed E-state index contributed by atoms with van der Waals surface area (Å²) in [6, 6.07) is 11.6. The number of hydrogen-bond donors (Lipinski definition) is 0. The van der Waals surface area contributed by atoms with Gasteiger partial charge in [0.25, 0.3) is 5.91 Å². The molecule has 0 N–H and O–H groups in total. The largest absolute Gasteiger partial charge is 0.496 e. The van der Waals surface area contributed by atoms with E-state index in [2.05, 4.69) is 4.90 Å². The van der Waals surface area contributed by atoms with Gasteiger partial charge in [-0.05, 0) is 56.9 Å². The molecule has 2 rings (SSSR count). The Kier molecular flexibility index (Phi) is 6.53. The number of likely N-dealkylation sites (N-methyl/N-ethyl adjacent to an activating group) is 2. The zero-order valence-electron chi connectivity index (χ0n) is 15.3.